The zero-order chi connectivity index (χ0) is 17.2. The van der Waals surface area contributed by atoms with E-state index in [1.165, 1.54) is 16.8 Å². The number of thiazole rings is 1. The summed E-state index contributed by atoms with van der Waals surface area (Å²) in [6.45, 7) is 0.349. The van der Waals surface area contributed by atoms with Crippen molar-refractivity contribution in [1.29, 1.82) is 0 Å². The molecule has 2 aromatic carbocycles. The number of hydrogen-bond donors (Lipinski definition) is 1. The summed E-state index contributed by atoms with van der Waals surface area (Å²) < 4.78 is 15.6. The van der Waals surface area contributed by atoms with Gasteiger partial charge in [0, 0.05) is 6.20 Å². The van der Waals surface area contributed by atoms with Gasteiger partial charge in [-0.1, -0.05) is 12.1 Å². The Morgan fingerprint density at radius 3 is 2.72 bits per heavy atom. The zero-order valence-electron chi connectivity index (χ0n) is 13.0. The van der Waals surface area contributed by atoms with Gasteiger partial charge in [-0.2, -0.15) is 5.10 Å². The van der Waals surface area contributed by atoms with Crippen LogP contribution in [0.3, 0.4) is 0 Å². The number of amides is 1. The van der Waals surface area contributed by atoms with Crippen molar-refractivity contribution in [2.45, 2.75) is 6.54 Å². The molecule has 1 N–H and O–H groups in total. The third kappa shape index (κ3) is 3.27. The van der Waals surface area contributed by atoms with Crippen LogP contribution in [0.4, 0.5) is 4.39 Å². The van der Waals surface area contributed by atoms with Crippen LogP contribution in [0.15, 0.2) is 60.8 Å². The molecule has 0 aliphatic heterocycles. The summed E-state index contributed by atoms with van der Waals surface area (Å²) in [5, 5.41) is 7.89. The Morgan fingerprint density at radius 1 is 1.12 bits per heavy atom. The highest BCUT2D eigenvalue weighted by Crippen LogP contribution is 2.21. The van der Waals surface area contributed by atoms with E-state index in [0.717, 1.165) is 15.2 Å². The fourth-order valence-corrected chi connectivity index (χ4v) is 3.33. The smallest absolute Gasteiger partial charge is 0.272 e. The minimum Gasteiger partial charge on any atom is -0.344 e. The van der Waals surface area contributed by atoms with Gasteiger partial charge in [0.05, 0.1) is 22.4 Å². The van der Waals surface area contributed by atoms with Crippen LogP contribution in [-0.4, -0.2) is 20.7 Å². The van der Waals surface area contributed by atoms with Gasteiger partial charge in [0.15, 0.2) is 5.69 Å². The number of carbonyl (C=O) groups excluding carboxylic acids is 1. The normalized spacial score (nSPS) is 10.9. The summed E-state index contributed by atoms with van der Waals surface area (Å²) in [5.41, 5.74) is 1.91. The van der Waals surface area contributed by atoms with Crippen molar-refractivity contribution in [2.75, 3.05) is 0 Å². The highest BCUT2D eigenvalue weighted by molar-refractivity contribution is 7.18. The first-order valence-corrected chi connectivity index (χ1v) is 8.45. The molecule has 0 saturated heterocycles. The fourth-order valence-electron chi connectivity index (χ4n) is 2.42. The van der Waals surface area contributed by atoms with E-state index in [1.807, 2.05) is 24.3 Å². The lowest BCUT2D eigenvalue weighted by molar-refractivity contribution is 0.0945. The Labute approximate surface area is 146 Å². The molecular weight excluding hydrogens is 339 g/mol. The number of para-hydroxylation sites is 1. The molecule has 5 nitrogen and oxygen atoms in total. The summed E-state index contributed by atoms with van der Waals surface area (Å²) in [4.78, 5) is 16.7. The minimum absolute atomic E-state index is 0.278. The Hall–Kier alpha value is -3.06. The Balaban J connectivity index is 1.45. The lowest BCUT2D eigenvalue weighted by atomic mass is 10.3. The fraction of sp³-hybridized carbons (Fsp3) is 0.0556. The molecule has 4 rings (SSSR count). The monoisotopic (exact) mass is 352 g/mol. The molecule has 0 unspecified atom stereocenters. The highest BCUT2D eigenvalue weighted by Gasteiger charge is 2.11. The number of benzene rings is 2. The summed E-state index contributed by atoms with van der Waals surface area (Å²) >= 11 is 1.55. The minimum atomic E-state index is -0.315. The number of nitrogens with zero attached hydrogens (tertiary/aromatic N) is 3. The van der Waals surface area contributed by atoms with Crippen molar-refractivity contribution in [1.82, 2.24) is 20.1 Å². The van der Waals surface area contributed by atoms with Crippen molar-refractivity contribution in [2.24, 2.45) is 0 Å². The van der Waals surface area contributed by atoms with Crippen LogP contribution in [-0.2, 0) is 6.54 Å². The van der Waals surface area contributed by atoms with E-state index in [-0.39, 0.29) is 11.7 Å². The molecular formula is C18H13FN4OS. The highest BCUT2D eigenvalue weighted by atomic mass is 32.1. The predicted octanol–water partition coefficient (Wildman–Crippen LogP) is 3.55. The van der Waals surface area contributed by atoms with Crippen LogP contribution >= 0.6 is 11.3 Å². The van der Waals surface area contributed by atoms with E-state index in [1.54, 1.807) is 35.7 Å². The lowest BCUT2D eigenvalue weighted by Gasteiger charge is -2.01. The average molecular weight is 352 g/mol. The molecule has 25 heavy (non-hydrogen) atoms. The van der Waals surface area contributed by atoms with E-state index >= 15 is 0 Å². The number of rotatable bonds is 4. The summed E-state index contributed by atoms with van der Waals surface area (Å²) in [6, 6.07) is 15.4. The van der Waals surface area contributed by atoms with Crippen molar-refractivity contribution >= 4 is 27.5 Å². The van der Waals surface area contributed by atoms with E-state index in [9.17, 15) is 9.18 Å². The summed E-state index contributed by atoms with van der Waals surface area (Å²) in [6.07, 6.45) is 1.67. The maximum absolute atomic E-state index is 13.0. The molecule has 0 bridgehead atoms. The molecule has 0 spiro atoms. The van der Waals surface area contributed by atoms with Crippen LogP contribution in [0.5, 0.6) is 0 Å². The molecule has 2 heterocycles. The van der Waals surface area contributed by atoms with E-state index < -0.39 is 0 Å². The standard InChI is InChI=1S/C18H13FN4OS/c19-12-5-7-13(8-6-12)23-10-9-15(22-23)18(24)20-11-17-21-14-3-1-2-4-16(14)25-17/h1-10H,11H2,(H,20,24). The topological polar surface area (TPSA) is 59.8 Å². The lowest BCUT2D eigenvalue weighted by Crippen LogP contribution is -2.23. The first-order chi connectivity index (χ1) is 12.2. The summed E-state index contributed by atoms with van der Waals surface area (Å²) in [7, 11) is 0. The molecule has 4 aromatic rings. The number of fused-ring (bicyclic) bond motifs is 1. The van der Waals surface area contributed by atoms with Gasteiger partial charge in [0.25, 0.3) is 5.91 Å². The second kappa shape index (κ2) is 6.45. The van der Waals surface area contributed by atoms with Crippen molar-refractivity contribution in [3.05, 3.63) is 77.3 Å². The molecule has 1 amide bonds. The first kappa shape index (κ1) is 15.5. The van der Waals surface area contributed by atoms with Gasteiger partial charge < -0.3 is 5.32 Å². The van der Waals surface area contributed by atoms with Crippen LogP contribution in [0.2, 0.25) is 0 Å². The molecule has 0 fully saturated rings. The van der Waals surface area contributed by atoms with E-state index in [0.29, 0.717) is 17.9 Å². The molecule has 0 saturated carbocycles. The zero-order valence-corrected chi connectivity index (χ0v) is 13.8. The number of halogens is 1. The second-order valence-corrected chi connectivity index (χ2v) is 6.50. The van der Waals surface area contributed by atoms with Gasteiger partial charge in [-0.25, -0.2) is 14.1 Å². The van der Waals surface area contributed by atoms with Gasteiger partial charge >= 0.3 is 0 Å². The van der Waals surface area contributed by atoms with Crippen molar-refractivity contribution < 1.29 is 9.18 Å². The van der Waals surface area contributed by atoms with Gasteiger partial charge in [-0.05, 0) is 42.5 Å². The van der Waals surface area contributed by atoms with Gasteiger partial charge in [-0.15, -0.1) is 11.3 Å². The van der Waals surface area contributed by atoms with Gasteiger partial charge in [-0.3, -0.25) is 4.79 Å². The Kier molecular flexibility index (Phi) is 3.99. The first-order valence-electron chi connectivity index (χ1n) is 7.63. The predicted molar refractivity (Wildman–Crippen MR) is 94.3 cm³/mol. The number of carbonyl (C=O) groups is 1. The van der Waals surface area contributed by atoms with Gasteiger partial charge in [0.1, 0.15) is 10.8 Å². The average Bonchev–Trinajstić information content (AvgIpc) is 3.27. The molecule has 0 atom stereocenters. The molecule has 0 aliphatic carbocycles. The number of nitrogens with one attached hydrogen (secondary N) is 1. The molecule has 0 aliphatic rings. The number of hydrogen-bond acceptors (Lipinski definition) is 4. The third-order valence-electron chi connectivity index (χ3n) is 3.65. The second-order valence-electron chi connectivity index (χ2n) is 5.38. The summed E-state index contributed by atoms with van der Waals surface area (Å²) in [5.74, 6) is -0.593. The van der Waals surface area contributed by atoms with E-state index in [4.69, 9.17) is 0 Å². The molecule has 2 aromatic heterocycles. The van der Waals surface area contributed by atoms with Crippen molar-refractivity contribution in [3.8, 4) is 5.69 Å². The van der Waals surface area contributed by atoms with Crippen molar-refractivity contribution in [3.63, 3.8) is 0 Å². The van der Waals surface area contributed by atoms with E-state index in [2.05, 4.69) is 15.4 Å². The largest absolute Gasteiger partial charge is 0.344 e. The quantitative estimate of drug-likeness (QED) is 0.611. The van der Waals surface area contributed by atoms with Crippen LogP contribution in [0.1, 0.15) is 15.5 Å². The van der Waals surface area contributed by atoms with Crippen LogP contribution in [0.25, 0.3) is 15.9 Å². The van der Waals surface area contributed by atoms with Crippen LogP contribution < -0.4 is 5.32 Å². The molecule has 7 heteroatoms. The maximum Gasteiger partial charge on any atom is 0.272 e. The van der Waals surface area contributed by atoms with Crippen LogP contribution in [0, 0.1) is 5.82 Å². The molecule has 0 radical (unpaired) electrons. The molecule has 124 valence electrons. The Bertz CT molecular complexity index is 1010. The SMILES string of the molecule is O=C(NCc1nc2ccccc2s1)c1ccn(-c2ccc(F)cc2)n1. The maximum atomic E-state index is 13.0. The number of aromatic nitrogens is 3. The Morgan fingerprint density at radius 2 is 1.92 bits per heavy atom. The van der Waals surface area contributed by atoms with Gasteiger partial charge in [0.2, 0.25) is 0 Å². The third-order valence-corrected chi connectivity index (χ3v) is 4.69.